The summed E-state index contributed by atoms with van der Waals surface area (Å²) in [4.78, 5) is 18.6. The summed E-state index contributed by atoms with van der Waals surface area (Å²) in [7, 11) is 0. The highest BCUT2D eigenvalue weighted by Crippen LogP contribution is 2.19. The normalized spacial score (nSPS) is 18.1. The molecule has 1 aromatic heterocycles. The number of aryl methyl sites for hydroxylation is 1. The van der Waals surface area contributed by atoms with Crippen LogP contribution in [-0.4, -0.2) is 35.4 Å². The molecule has 1 aliphatic heterocycles. The standard InChI is InChI=1S/C15H17N3OS.ClH/c1-11-17-14(10-20-11)15(19)18-8-7-16-13(9-18)12-5-3-2-4-6-12;/h2-6,10,13,16H,7-9H2,1H3;1H. The SMILES string of the molecule is Cc1nc(C(=O)N2CCNC(c3ccccc3)C2)cs1.Cl. The maximum absolute atomic E-state index is 12.4. The van der Waals surface area contributed by atoms with E-state index in [9.17, 15) is 4.79 Å². The highest BCUT2D eigenvalue weighted by Gasteiger charge is 2.26. The molecule has 2 heterocycles. The van der Waals surface area contributed by atoms with Gasteiger partial charge in [0.2, 0.25) is 0 Å². The van der Waals surface area contributed by atoms with Gasteiger partial charge in [-0.15, -0.1) is 23.7 Å². The molecule has 0 radical (unpaired) electrons. The number of rotatable bonds is 2. The van der Waals surface area contributed by atoms with Gasteiger partial charge in [0.25, 0.3) is 5.91 Å². The van der Waals surface area contributed by atoms with Gasteiger partial charge in [-0.05, 0) is 12.5 Å². The summed E-state index contributed by atoms with van der Waals surface area (Å²) in [6, 6.07) is 10.5. The minimum absolute atomic E-state index is 0. The number of thiazole rings is 1. The van der Waals surface area contributed by atoms with E-state index >= 15 is 0 Å². The smallest absolute Gasteiger partial charge is 0.273 e. The molecule has 112 valence electrons. The number of piperazine rings is 1. The van der Waals surface area contributed by atoms with Gasteiger partial charge in [0, 0.05) is 31.1 Å². The molecule has 2 aromatic rings. The summed E-state index contributed by atoms with van der Waals surface area (Å²) in [5.74, 6) is 0.0387. The molecule has 1 aliphatic rings. The molecule has 1 N–H and O–H groups in total. The van der Waals surface area contributed by atoms with Gasteiger partial charge in [-0.1, -0.05) is 30.3 Å². The Bertz CT molecular complexity index is 602. The third-order valence-corrected chi connectivity index (χ3v) is 4.28. The van der Waals surface area contributed by atoms with Crippen LogP contribution >= 0.6 is 23.7 Å². The van der Waals surface area contributed by atoms with Crippen LogP contribution in [0.3, 0.4) is 0 Å². The first-order chi connectivity index (χ1) is 9.74. The molecule has 1 amide bonds. The second kappa shape index (κ2) is 7.02. The van der Waals surface area contributed by atoms with E-state index in [1.165, 1.54) is 16.9 Å². The first-order valence-electron chi connectivity index (χ1n) is 6.74. The first kappa shape index (κ1) is 15.9. The molecule has 1 aromatic carbocycles. The van der Waals surface area contributed by atoms with Crippen molar-refractivity contribution < 1.29 is 4.79 Å². The summed E-state index contributed by atoms with van der Waals surface area (Å²) >= 11 is 1.52. The van der Waals surface area contributed by atoms with E-state index in [0.717, 1.165) is 18.1 Å². The Hall–Kier alpha value is -1.43. The Labute approximate surface area is 134 Å². The molecular formula is C15H18ClN3OS. The lowest BCUT2D eigenvalue weighted by Gasteiger charge is -2.33. The van der Waals surface area contributed by atoms with Gasteiger partial charge in [0.05, 0.1) is 5.01 Å². The highest BCUT2D eigenvalue weighted by molar-refractivity contribution is 7.09. The lowest BCUT2D eigenvalue weighted by atomic mass is 10.0. The van der Waals surface area contributed by atoms with Gasteiger partial charge >= 0.3 is 0 Å². The zero-order valence-electron chi connectivity index (χ0n) is 11.8. The third kappa shape index (κ3) is 3.61. The van der Waals surface area contributed by atoms with Crippen molar-refractivity contribution in [1.82, 2.24) is 15.2 Å². The summed E-state index contributed by atoms with van der Waals surface area (Å²) in [6.07, 6.45) is 0. The molecule has 1 unspecified atom stereocenters. The Morgan fingerprint density at radius 3 is 2.81 bits per heavy atom. The van der Waals surface area contributed by atoms with E-state index < -0.39 is 0 Å². The summed E-state index contributed by atoms with van der Waals surface area (Å²) < 4.78 is 0. The van der Waals surface area contributed by atoms with E-state index in [-0.39, 0.29) is 24.4 Å². The monoisotopic (exact) mass is 323 g/mol. The van der Waals surface area contributed by atoms with Crippen LogP contribution in [0.4, 0.5) is 0 Å². The Balaban J connectivity index is 0.00000161. The van der Waals surface area contributed by atoms with E-state index in [1.54, 1.807) is 0 Å². The van der Waals surface area contributed by atoms with Crippen molar-refractivity contribution in [3.05, 3.63) is 52.0 Å². The number of hydrogen-bond acceptors (Lipinski definition) is 4. The fraction of sp³-hybridized carbons (Fsp3) is 0.333. The van der Waals surface area contributed by atoms with E-state index in [2.05, 4.69) is 22.4 Å². The maximum atomic E-state index is 12.4. The van der Waals surface area contributed by atoms with Crippen LogP contribution in [0.2, 0.25) is 0 Å². The van der Waals surface area contributed by atoms with Crippen LogP contribution in [0.5, 0.6) is 0 Å². The van der Waals surface area contributed by atoms with E-state index in [1.807, 2.05) is 35.4 Å². The minimum Gasteiger partial charge on any atom is -0.334 e. The summed E-state index contributed by atoms with van der Waals surface area (Å²) in [5.41, 5.74) is 1.79. The van der Waals surface area contributed by atoms with Crippen molar-refractivity contribution in [2.75, 3.05) is 19.6 Å². The zero-order valence-corrected chi connectivity index (χ0v) is 13.4. The fourth-order valence-electron chi connectivity index (χ4n) is 2.47. The second-order valence-electron chi connectivity index (χ2n) is 4.92. The largest absolute Gasteiger partial charge is 0.334 e. The maximum Gasteiger partial charge on any atom is 0.273 e. The van der Waals surface area contributed by atoms with Gasteiger partial charge in [-0.3, -0.25) is 4.79 Å². The van der Waals surface area contributed by atoms with E-state index in [0.29, 0.717) is 12.2 Å². The van der Waals surface area contributed by atoms with Gasteiger partial charge in [-0.2, -0.15) is 0 Å². The molecule has 4 nitrogen and oxygen atoms in total. The van der Waals surface area contributed by atoms with Gasteiger partial charge in [0.15, 0.2) is 0 Å². The first-order valence-corrected chi connectivity index (χ1v) is 7.62. The number of carbonyl (C=O) groups excluding carboxylic acids is 1. The van der Waals surface area contributed by atoms with Crippen molar-refractivity contribution in [1.29, 1.82) is 0 Å². The lowest BCUT2D eigenvalue weighted by Crippen LogP contribution is -2.48. The van der Waals surface area contributed by atoms with Gasteiger partial charge in [0.1, 0.15) is 5.69 Å². The molecule has 1 fully saturated rings. The summed E-state index contributed by atoms with van der Waals surface area (Å²) in [5, 5.41) is 6.24. The quantitative estimate of drug-likeness (QED) is 0.924. The Kier molecular flexibility index (Phi) is 5.33. The molecule has 0 aliphatic carbocycles. The molecule has 3 rings (SSSR count). The average molecular weight is 324 g/mol. The Morgan fingerprint density at radius 2 is 2.14 bits per heavy atom. The molecule has 6 heteroatoms. The highest BCUT2D eigenvalue weighted by atomic mass is 35.5. The fourth-order valence-corrected chi connectivity index (χ4v) is 3.05. The number of benzene rings is 1. The topological polar surface area (TPSA) is 45.2 Å². The zero-order chi connectivity index (χ0) is 13.9. The number of hydrogen-bond donors (Lipinski definition) is 1. The van der Waals surface area contributed by atoms with Crippen LogP contribution in [-0.2, 0) is 0 Å². The van der Waals surface area contributed by atoms with Crippen LogP contribution in [0.15, 0.2) is 35.7 Å². The van der Waals surface area contributed by atoms with Crippen LogP contribution < -0.4 is 5.32 Å². The van der Waals surface area contributed by atoms with Crippen LogP contribution in [0, 0.1) is 6.92 Å². The van der Waals surface area contributed by atoms with Crippen molar-refractivity contribution in [3.63, 3.8) is 0 Å². The van der Waals surface area contributed by atoms with Crippen LogP contribution in [0.25, 0.3) is 0 Å². The molecule has 0 bridgehead atoms. The molecule has 1 atom stereocenters. The van der Waals surface area contributed by atoms with Crippen molar-refractivity contribution in [2.45, 2.75) is 13.0 Å². The summed E-state index contributed by atoms with van der Waals surface area (Å²) in [6.45, 7) is 4.17. The number of aromatic nitrogens is 1. The van der Waals surface area contributed by atoms with Crippen molar-refractivity contribution >= 4 is 29.7 Å². The van der Waals surface area contributed by atoms with Gasteiger partial charge in [-0.25, -0.2) is 4.98 Å². The second-order valence-corrected chi connectivity index (χ2v) is 5.98. The number of amides is 1. The molecule has 0 saturated carbocycles. The molecular weight excluding hydrogens is 306 g/mol. The lowest BCUT2D eigenvalue weighted by molar-refractivity contribution is 0.0697. The molecule has 1 saturated heterocycles. The minimum atomic E-state index is 0. The average Bonchev–Trinajstić information content (AvgIpc) is 2.94. The van der Waals surface area contributed by atoms with Crippen molar-refractivity contribution in [2.24, 2.45) is 0 Å². The number of carbonyl (C=O) groups is 1. The predicted octanol–water partition coefficient (Wildman–Crippen LogP) is 2.66. The van der Waals surface area contributed by atoms with E-state index in [4.69, 9.17) is 0 Å². The van der Waals surface area contributed by atoms with Crippen LogP contribution in [0.1, 0.15) is 27.1 Å². The number of nitrogens with one attached hydrogen (secondary N) is 1. The van der Waals surface area contributed by atoms with Crippen molar-refractivity contribution in [3.8, 4) is 0 Å². The number of halogens is 1. The Morgan fingerprint density at radius 1 is 1.38 bits per heavy atom. The van der Waals surface area contributed by atoms with Gasteiger partial charge < -0.3 is 10.2 Å². The molecule has 0 spiro atoms. The predicted molar refractivity (Wildman–Crippen MR) is 87.2 cm³/mol. The third-order valence-electron chi connectivity index (χ3n) is 3.50. The molecule has 21 heavy (non-hydrogen) atoms. The number of nitrogens with zero attached hydrogens (tertiary/aromatic N) is 2.